The topological polar surface area (TPSA) is 46.2 Å². The van der Waals surface area contributed by atoms with E-state index in [9.17, 15) is 0 Å². The van der Waals surface area contributed by atoms with Gasteiger partial charge in [-0.3, -0.25) is 0 Å². The molecule has 1 saturated heterocycles. The number of aryl methyl sites for hydroxylation is 1. The SMILES string of the molecule is CCCCOCC1O[C@@H](c2cccc(CC3Cc4cc(C)ccc4S3)c2)[C@H](OCCCC)[C@@H](OCCCC)[C@@H]1OCCCC. The number of fused-ring (bicyclic) bond motifs is 1. The van der Waals surface area contributed by atoms with Crippen LogP contribution < -0.4 is 0 Å². The normalized spacial score (nSPS) is 24.9. The number of benzene rings is 2. The highest BCUT2D eigenvalue weighted by molar-refractivity contribution is 8.00. The van der Waals surface area contributed by atoms with Crippen molar-refractivity contribution < 1.29 is 23.7 Å². The van der Waals surface area contributed by atoms with Gasteiger partial charge in [-0.1, -0.05) is 95.3 Å². The Kier molecular flexibility index (Phi) is 15.5. The molecule has 6 heteroatoms. The van der Waals surface area contributed by atoms with Gasteiger partial charge in [-0.25, -0.2) is 0 Å². The van der Waals surface area contributed by atoms with E-state index in [1.807, 2.05) is 11.8 Å². The highest BCUT2D eigenvalue weighted by atomic mass is 32.2. The lowest BCUT2D eigenvalue weighted by molar-refractivity contribution is -0.268. The summed E-state index contributed by atoms with van der Waals surface area (Å²) < 4.78 is 33.2. The molecule has 0 bridgehead atoms. The predicted octanol–water partition coefficient (Wildman–Crippen LogP) is 9.07. The van der Waals surface area contributed by atoms with Crippen LogP contribution in [0.2, 0.25) is 0 Å². The van der Waals surface area contributed by atoms with Crippen LogP contribution in [0.15, 0.2) is 47.4 Å². The maximum absolute atomic E-state index is 7.00. The molecule has 2 aliphatic heterocycles. The van der Waals surface area contributed by atoms with E-state index in [1.165, 1.54) is 21.6 Å². The van der Waals surface area contributed by atoms with Crippen LogP contribution in [-0.4, -0.2) is 62.7 Å². The summed E-state index contributed by atoms with van der Waals surface area (Å²) in [5.41, 5.74) is 5.34. The van der Waals surface area contributed by atoms with Crippen LogP contribution in [0.1, 0.15) is 107 Å². The lowest BCUT2D eigenvalue weighted by atomic mass is 9.89. The second-order valence-corrected chi connectivity index (χ2v) is 13.9. The smallest absolute Gasteiger partial charge is 0.117 e. The van der Waals surface area contributed by atoms with Crippen LogP contribution in [0.25, 0.3) is 0 Å². The van der Waals surface area contributed by atoms with Gasteiger partial charge in [0.15, 0.2) is 0 Å². The summed E-state index contributed by atoms with van der Waals surface area (Å²) in [6, 6.07) is 15.9. The summed E-state index contributed by atoms with van der Waals surface area (Å²) in [5, 5.41) is 0.548. The molecule has 44 heavy (non-hydrogen) atoms. The van der Waals surface area contributed by atoms with Gasteiger partial charge in [0.25, 0.3) is 0 Å². The highest BCUT2D eigenvalue weighted by Crippen LogP contribution is 2.41. The Bertz CT molecular complexity index is 1090. The third kappa shape index (κ3) is 10.3. The molecule has 4 rings (SSSR count). The van der Waals surface area contributed by atoms with Crippen molar-refractivity contribution in [1.82, 2.24) is 0 Å². The van der Waals surface area contributed by atoms with Crippen molar-refractivity contribution in [3.05, 3.63) is 64.7 Å². The minimum absolute atomic E-state index is 0.222. The van der Waals surface area contributed by atoms with Gasteiger partial charge in [-0.2, -0.15) is 0 Å². The Labute approximate surface area is 272 Å². The monoisotopic (exact) mass is 626 g/mol. The lowest BCUT2D eigenvalue weighted by Crippen LogP contribution is -2.58. The lowest BCUT2D eigenvalue weighted by Gasteiger charge is -2.46. The van der Waals surface area contributed by atoms with Crippen molar-refractivity contribution in [3.8, 4) is 0 Å². The van der Waals surface area contributed by atoms with Crippen LogP contribution in [0, 0.1) is 6.92 Å². The van der Waals surface area contributed by atoms with Gasteiger partial charge in [0.2, 0.25) is 0 Å². The van der Waals surface area contributed by atoms with Crippen molar-refractivity contribution in [2.24, 2.45) is 0 Å². The van der Waals surface area contributed by atoms with Gasteiger partial charge in [0.1, 0.15) is 30.5 Å². The van der Waals surface area contributed by atoms with Gasteiger partial charge in [-0.15, -0.1) is 11.8 Å². The summed E-state index contributed by atoms with van der Waals surface area (Å²) in [6.45, 7) is 14.3. The minimum atomic E-state index is -0.250. The third-order valence-electron chi connectivity index (χ3n) is 8.68. The first kappa shape index (κ1) is 35.4. The Balaban J connectivity index is 1.59. The molecule has 0 spiro atoms. The van der Waals surface area contributed by atoms with Gasteiger partial charge in [0, 0.05) is 36.6 Å². The molecule has 0 aromatic heterocycles. The van der Waals surface area contributed by atoms with E-state index in [0.29, 0.717) is 31.7 Å². The van der Waals surface area contributed by atoms with Crippen LogP contribution in [0.5, 0.6) is 0 Å². The predicted molar refractivity (Wildman–Crippen MR) is 182 cm³/mol. The van der Waals surface area contributed by atoms with E-state index >= 15 is 0 Å². The molecule has 0 saturated carbocycles. The first-order chi connectivity index (χ1) is 21.6. The van der Waals surface area contributed by atoms with Crippen LogP contribution >= 0.6 is 11.8 Å². The zero-order chi connectivity index (χ0) is 31.1. The zero-order valence-electron chi connectivity index (χ0n) is 28.1. The molecule has 1 fully saturated rings. The maximum Gasteiger partial charge on any atom is 0.117 e. The van der Waals surface area contributed by atoms with Crippen molar-refractivity contribution >= 4 is 11.8 Å². The van der Waals surface area contributed by atoms with Crippen LogP contribution in [0.4, 0.5) is 0 Å². The Hall–Kier alpha value is -1.41. The Morgan fingerprint density at radius 3 is 2.11 bits per heavy atom. The molecule has 2 heterocycles. The summed E-state index contributed by atoms with van der Waals surface area (Å²) in [4.78, 5) is 1.43. The maximum atomic E-state index is 7.00. The molecular weight excluding hydrogens is 568 g/mol. The van der Waals surface area contributed by atoms with E-state index in [4.69, 9.17) is 23.7 Å². The fourth-order valence-electron chi connectivity index (χ4n) is 6.15. The molecule has 246 valence electrons. The van der Waals surface area contributed by atoms with Crippen LogP contribution in [-0.2, 0) is 36.5 Å². The number of rotatable bonds is 20. The summed E-state index contributed by atoms with van der Waals surface area (Å²) >= 11 is 2.02. The standard InChI is InChI=1S/C38H58O5S/c1-6-10-19-39-27-33-36(40-20-11-7-2)38(42-22-13-9-4)37(41-21-12-8-3)35(43-33)30-16-14-15-29(24-30)25-32-26-31-23-28(5)17-18-34(31)44-32/h14-18,23-24,32-33,35-38H,6-13,19-22,25-27H2,1-5H3/t32?,33?,35-,36+,37-,38-/m0/s1. The number of hydrogen-bond donors (Lipinski definition) is 0. The van der Waals surface area contributed by atoms with E-state index in [1.54, 1.807) is 0 Å². The first-order valence-corrected chi connectivity index (χ1v) is 18.4. The van der Waals surface area contributed by atoms with Gasteiger partial charge >= 0.3 is 0 Å². The fourth-order valence-corrected chi connectivity index (χ4v) is 7.49. The molecule has 0 N–H and O–H groups in total. The van der Waals surface area contributed by atoms with Gasteiger partial charge in [-0.05, 0) is 68.2 Å². The van der Waals surface area contributed by atoms with Crippen molar-refractivity contribution in [3.63, 3.8) is 0 Å². The quantitative estimate of drug-likeness (QED) is 0.137. The molecule has 0 radical (unpaired) electrons. The van der Waals surface area contributed by atoms with Gasteiger partial charge < -0.3 is 23.7 Å². The number of hydrogen-bond acceptors (Lipinski definition) is 6. The second kappa shape index (κ2) is 19.3. The highest BCUT2D eigenvalue weighted by Gasteiger charge is 2.48. The molecule has 2 unspecified atom stereocenters. The fraction of sp³-hybridized carbons (Fsp3) is 0.684. The largest absolute Gasteiger partial charge is 0.379 e. The molecule has 5 nitrogen and oxygen atoms in total. The zero-order valence-corrected chi connectivity index (χ0v) is 28.9. The Morgan fingerprint density at radius 2 is 1.41 bits per heavy atom. The van der Waals surface area contributed by atoms with Crippen LogP contribution in [0.3, 0.4) is 0 Å². The molecule has 2 aliphatic rings. The average Bonchev–Trinajstić information content (AvgIpc) is 3.42. The second-order valence-electron chi connectivity index (χ2n) is 12.6. The first-order valence-electron chi connectivity index (χ1n) is 17.5. The van der Waals surface area contributed by atoms with E-state index in [-0.39, 0.29) is 30.5 Å². The Morgan fingerprint density at radius 1 is 0.750 bits per heavy atom. The van der Waals surface area contributed by atoms with E-state index < -0.39 is 0 Å². The van der Waals surface area contributed by atoms with Crippen molar-refractivity contribution in [2.45, 2.75) is 139 Å². The summed E-state index contributed by atoms with van der Waals surface area (Å²) in [7, 11) is 0. The van der Waals surface area contributed by atoms with E-state index in [0.717, 1.165) is 76.4 Å². The summed E-state index contributed by atoms with van der Waals surface area (Å²) in [5.74, 6) is 0. The molecule has 2 aromatic carbocycles. The molecule has 6 atom stereocenters. The molecular formula is C38H58O5S. The van der Waals surface area contributed by atoms with Crippen molar-refractivity contribution in [2.75, 3.05) is 33.0 Å². The third-order valence-corrected chi connectivity index (χ3v) is 10.0. The summed E-state index contributed by atoms with van der Waals surface area (Å²) in [6.07, 6.45) is 9.41. The van der Waals surface area contributed by atoms with Crippen molar-refractivity contribution in [1.29, 1.82) is 0 Å². The number of unbranched alkanes of at least 4 members (excludes halogenated alkanes) is 4. The number of thioether (sulfide) groups is 1. The molecule has 2 aromatic rings. The van der Waals surface area contributed by atoms with E-state index in [2.05, 4.69) is 77.1 Å². The van der Waals surface area contributed by atoms with Gasteiger partial charge in [0.05, 0.1) is 6.61 Å². The average molecular weight is 627 g/mol. The minimum Gasteiger partial charge on any atom is -0.379 e. The molecule has 0 amide bonds. The number of ether oxygens (including phenoxy) is 5. The molecule has 0 aliphatic carbocycles.